The van der Waals surface area contributed by atoms with E-state index in [-0.39, 0.29) is 12.0 Å². The van der Waals surface area contributed by atoms with Crippen molar-refractivity contribution in [1.29, 1.82) is 0 Å². The second kappa shape index (κ2) is 8.08. The maximum Gasteiger partial charge on any atom is 0.230 e. The lowest BCUT2D eigenvalue weighted by atomic mass is 10.1. The molecule has 6 nitrogen and oxygen atoms in total. The highest BCUT2D eigenvalue weighted by atomic mass is 16.5. The van der Waals surface area contributed by atoms with E-state index in [1.54, 1.807) is 11.9 Å². The normalized spacial score (nSPS) is 15.4. The van der Waals surface area contributed by atoms with Crippen LogP contribution in [0.1, 0.15) is 19.3 Å². The van der Waals surface area contributed by atoms with Crippen molar-refractivity contribution in [2.75, 3.05) is 31.8 Å². The van der Waals surface area contributed by atoms with Crippen LogP contribution in [0.4, 0.5) is 5.82 Å². The Morgan fingerprint density at radius 1 is 1.33 bits per heavy atom. The lowest BCUT2D eigenvalue weighted by Gasteiger charge is -2.22. The fraction of sp³-hybridized carbons (Fsp3) is 0.444. The van der Waals surface area contributed by atoms with E-state index in [2.05, 4.69) is 10.2 Å². The van der Waals surface area contributed by atoms with Gasteiger partial charge in [0.05, 0.1) is 24.8 Å². The largest absolute Gasteiger partial charge is 0.381 e. The molecule has 3 rings (SSSR count). The van der Waals surface area contributed by atoms with Crippen molar-refractivity contribution in [1.82, 2.24) is 10.2 Å². The quantitative estimate of drug-likeness (QED) is 0.884. The number of hydrogen-bond acceptors (Lipinski definition) is 4. The second-order valence-corrected chi connectivity index (χ2v) is 5.89. The van der Waals surface area contributed by atoms with E-state index in [9.17, 15) is 4.79 Å². The molecule has 24 heavy (non-hydrogen) atoms. The summed E-state index contributed by atoms with van der Waals surface area (Å²) in [6.07, 6.45) is 2.38. The number of benzene rings is 1. The highest BCUT2D eigenvalue weighted by molar-refractivity contribution is 5.92. The van der Waals surface area contributed by atoms with Crippen molar-refractivity contribution >= 4 is 11.7 Å². The third-order valence-corrected chi connectivity index (χ3v) is 4.20. The maximum absolute atomic E-state index is 12.3. The number of carbonyl (C=O) groups excluding carboxylic acids is 1. The molecule has 0 bridgehead atoms. The van der Waals surface area contributed by atoms with Gasteiger partial charge in [-0.3, -0.25) is 14.8 Å². The summed E-state index contributed by atoms with van der Waals surface area (Å²) < 4.78 is 11.1. The fourth-order valence-electron chi connectivity index (χ4n) is 2.70. The molecule has 128 valence electrons. The van der Waals surface area contributed by atoms with Crippen molar-refractivity contribution in [2.24, 2.45) is 0 Å². The lowest BCUT2D eigenvalue weighted by Crippen LogP contribution is -2.29. The van der Waals surface area contributed by atoms with Crippen LogP contribution in [0.25, 0.3) is 11.3 Å². The first kappa shape index (κ1) is 16.7. The van der Waals surface area contributed by atoms with Crippen molar-refractivity contribution in [3.05, 3.63) is 36.4 Å². The minimum atomic E-state index is -0.00632. The smallest absolute Gasteiger partial charge is 0.230 e. The second-order valence-electron chi connectivity index (χ2n) is 5.89. The van der Waals surface area contributed by atoms with Crippen LogP contribution in [-0.2, 0) is 14.3 Å². The molecule has 0 atom stereocenters. The van der Waals surface area contributed by atoms with Crippen LogP contribution < -0.4 is 4.90 Å². The molecule has 2 aromatic rings. The van der Waals surface area contributed by atoms with E-state index in [1.807, 2.05) is 36.4 Å². The summed E-state index contributed by atoms with van der Waals surface area (Å²) in [5.41, 5.74) is 1.93. The molecule has 1 amide bonds. The van der Waals surface area contributed by atoms with Crippen molar-refractivity contribution < 1.29 is 14.3 Å². The average molecular weight is 329 g/mol. The first-order chi connectivity index (χ1) is 11.7. The predicted molar refractivity (Wildman–Crippen MR) is 91.8 cm³/mol. The summed E-state index contributed by atoms with van der Waals surface area (Å²) in [6.45, 7) is 1.92. The first-order valence-corrected chi connectivity index (χ1v) is 8.31. The fourth-order valence-corrected chi connectivity index (χ4v) is 2.70. The summed E-state index contributed by atoms with van der Waals surface area (Å²) in [7, 11) is 1.74. The molecule has 1 aliphatic rings. The minimum Gasteiger partial charge on any atom is -0.381 e. The molecule has 0 saturated carbocycles. The van der Waals surface area contributed by atoms with E-state index in [1.165, 1.54) is 0 Å². The van der Waals surface area contributed by atoms with Gasteiger partial charge in [-0.15, -0.1) is 0 Å². The highest BCUT2D eigenvalue weighted by Crippen LogP contribution is 2.21. The van der Waals surface area contributed by atoms with E-state index < -0.39 is 0 Å². The monoisotopic (exact) mass is 329 g/mol. The van der Waals surface area contributed by atoms with Crippen LogP contribution in [0.2, 0.25) is 0 Å². The molecular weight excluding hydrogens is 306 g/mol. The van der Waals surface area contributed by atoms with Gasteiger partial charge in [0.25, 0.3) is 0 Å². The number of hydrogen-bond donors (Lipinski definition) is 1. The Morgan fingerprint density at radius 2 is 2.08 bits per heavy atom. The number of ether oxygens (including phenoxy) is 2. The van der Waals surface area contributed by atoms with Crippen LogP contribution in [0, 0.1) is 0 Å². The van der Waals surface area contributed by atoms with Crippen molar-refractivity contribution in [3.8, 4) is 11.3 Å². The van der Waals surface area contributed by atoms with Gasteiger partial charge in [0.1, 0.15) is 0 Å². The van der Waals surface area contributed by atoms with Gasteiger partial charge in [0.2, 0.25) is 5.91 Å². The molecule has 1 saturated heterocycles. The molecular formula is C18H23N3O3. The number of nitrogens with zero attached hydrogens (tertiary/aromatic N) is 2. The van der Waals surface area contributed by atoms with Gasteiger partial charge in [0.15, 0.2) is 5.82 Å². The maximum atomic E-state index is 12.3. The van der Waals surface area contributed by atoms with Gasteiger partial charge < -0.3 is 9.47 Å². The lowest BCUT2D eigenvalue weighted by molar-refractivity contribution is -0.120. The summed E-state index contributed by atoms with van der Waals surface area (Å²) in [4.78, 5) is 13.9. The minimum absolute atomic E-state index is 0.00632. The molecule has 1 fully saturated rings. The Kier molecular flexibility index (Phi) is 5.61. The van der Waals surface area contributed by atoms with Crippen LogP contribution in [0.5, 0.6) is 0 Å². The van der Waals surface area contributed by atoms with Crippen LogP contribution >= 0.6 is 0 Å². The molecule has 0 unspecified atom stereocenters. The number of H-pyrrole nitrogens is 1. The van der Waals surface area contributed by atoms with Crippen LogP contribution in [0.3, 0.4) is 0 Å². The van der Waals surface area contributed by atoms with Gasteiger partial charge in [0, 0.05) is 26.3 Å². The molecule has 2 heterocycles. The highest BCUT2D eigenvalue weighted by Gasteiger charge is 2.17. The van der Waals surface area contributed by atoms with E-state index in [4.69, 9.17) is 9.47 Å². The summed E-state index contributed by atoms with van der Waals surface area (Å²) in [5, 5.41) is 7.21. The predicted octanol–water partition coefficient (Wildman–Crippen LogP) is 2.63. The summed E-state index contributed by atoms with van der Waals surface area (Å²) in [5.74, 6) is 0.609. The number of aromatic amines is 1. The van der Waals surface area contributed by atoms with Gasteiger partial charge in [-0.25, -0.2) is 0 Å². The molecule has 0 spiro atoms. The Hall–Kier alpha value is -2.18. The molecule has 1 aromatic carbocycles. The number of nitrogens with one attached hydrogen (secondary N) is 1. The first-order valence-electron chi connectivity index (χ1n) is 8.31. The molecule has 1 aliphatic heterocycles. The topological polar surface area (TPSA) is 67.5 Å². The standard InChI is InChI=1S/C18H23N3O3/c1-21(18(22)9-12-24-15-7-10-23-11-8-15)17-13-16(19-20-17)14-5-3-2-4-6-14/h2-6,13,15H,7-12H2,1H3,(H,19,20). The Balaban J connectivity index is 1.51. The van der Waals surface area contributed by atoms with Crippen LogP contribution in [0.15, 0.2) is 36.4 Å². The SMILES string of the molecule is CN(C(=O)CCOC1CCOCC1)c1cc(-c2ccccc2)[nH]n1. The number of aromatic nitrogens is 2. The van der Waals surface area contributed by atoms with Gasteiger partial charge in [-0.2, -0.15) is 5.10 Å². The third kappa shape index (κ3) is 4.21. The molecule has 0 radical (unpaired) electrons. The molecule has 6 heteroatoms. The number of rotatable bonds is 6. The van der Waals surface area contributed by atoms with Gasteiger partial charge >= 0.3 is 0 Å². The molecule has 0 aliphatic carbocycles. The van der Waals surface area contributed by atoms with E-state index in [0.29, 0.717) is 18.8 Å². The average Bonchev–Trinajstić information content (AvgIpc) is 3.13. The number of anilines is 1. The van der Waals surface area contributed by atoms with E-state index in [0.717, 1.165) is 37.3 Å². The summed E-state index contributed by atoms with van der Waals surface area (Å²) in [6, 6.07) is 11.8. The van der Waals surface area contributed by atoms with Crippen molar-refractivity contribution in [3.63, 3.8) is 0 Å². The Bertz CT molecular complexity index is 651. The zero-order valence-electron chi connectivity index (χ0n) is 13.9. The third-order valence-electron chi connectivity index (χ3n) is 4.20. The van der Waals surface area contributed by atoms with Crippen molar-refractivity contribution in [2.45, 2.75) is 25.4 Å². The van der Waals surface area contributed by atoms with Gasteiger partial charge in [-0.1, -0.05) is 30.3 Å². The number of carbonyl (C=O) groups is 1. The Morgan fingerprint density at radius 3 is 2.83 bits per heavy atom. The number of amides is 1. The van der Waals surface area contributed by atoms with Gasteiger partial charge in [-0.05, 0) is 18.4 Å². The van der Waals surface area contributed by atoms with Crippen LogP contribution in [-0.4, -0.2) is 49.1 Å². The van der Waals surface area contributed by atoms with E-state index >= 15 is 0 Å². The zero-order valence-corrected chi connectivity index (χ0v) is 13.9. The molecule has 1 aromatic heterocycles. The Labute approximate surface area is 141 Å². The zero-order chi connectivity index (χ0) is 16.8. The summed E-state index contributed by atoms with van der Waals surface area (Å²) >= 11 is 0. The molecule has 1 N–H and O–H groups in total.